The largest absolute Gasteiger partial charge is 0.416 e. The zero-order chi connectivity index (χ0) is 35.2. The molecular weight excluding hydrogens is 642 g/mol. The lowest BCUT2D eigenvalue weighted by molar-refractivity contribution is -0.143. The number of likely N-dealkylation sites (tertiary alicyclic amines) is 2. The Hall–Kier alpha value is -3.69. The highest BCUT2D eigenvalue weighted by molar-refractivity contribution is 5.88. The maximum atomic E-state index is 17.7. The van der Waals surface area contributed by atoms with Crippen LogP contribution < -0.4 is 4.90 Å². The summed E-state index contributed by atoms with van der Waals surface area (Å²) < 4.78 is 65.5. The molecule has 0 bridgehead atoms. The van der Waals surface area contributed by atoms with Crippen molar-refractivity contribution in [1.29, 1.82) is 0 Å². The summed E-state index contributed by atoms with van der Waals surface area (Å²) in [5.74, 6) is -0.669. The number of hydrogen-bond acceptors (Lipinski definition) is 4. The van der Waals surface area contributed by atoms with E-state index in [-0.39, 0.29) is 31.5 Å². The van der Waals surface area contributed by atoms with Crippen LogP contribution in [-0.2, 0) is 22.3 Å². The topological polar surface area (TPSA) is 36.0 Å². The average Bonchev–Trinajstić information content (AvgIpc) is 3.78. The number of benzene rings is 3. The molecule has 266 valence electrons. The van der Waals surface area contributed by atoms with E-state index in [1.54, 1.807) is 18.1 Å². The Labute approximate surface area is 292 Å². The van der Waals surface area contributed by atoms with E-state index >= 15 is 4.39 Å². The third kappa shape index (κ3) is 7.09. The van der Waals surface area contributed by atoms with Crippen LogP contribution in [0.3, 0.4) is 0 Å². The summed E-state index contributed by atoms with van der Waals surface area (Å²) in [6.07, 6.45) is 1.73. The Balaban J connectivity index is 1.18. The minimum atomic E-state index is -4.48. The van der Waals surface area contributed by atoms with E-state index in [1.165, 1.54) is 6.07 Å². The fourth-order valence-electron chi connectivity index (χ4n) is 8.72. The second-order valence-electron chi connectivity index (χ2n) is 15.1. The van der Waals surface area contributed by atoms with Crippen LogP contribution in [0.1, 0.15) is 58.1 Å². The van der Waals surface area contributed by atoms with E-state index in [1.807, 2.05) is 61.2 Å². The van der Waals surface area contributed by atoms with Crippen molar-refractivity contribution in [2.24, 2.45) is 17.8 Å². The Morgan fingerprint density at radius 3 is 2.32 bits per heavy atom. The molecule has 3 saturated heterocycles. The van der Waals surface area contributed by atoms with Gasteiger partial charge in [-0.05, 0) is 67.3 Å². The molecule has 1 aliphatic carbocycles. The Bertz CT molecular complexity index is 1710. The lowest BCUT2D eigenvalue weighted by Gasteiger charge is -2.36. The first kappa shape index (κ1) is 34.7. The maximum Gasteiger partial charge on any atom is 0.416 e. The Morgan fingerprint density at radius 1 is 0.920 bits per heavy atom. The molecule has 1 amide bonds. The van der Waals surface area contributed by atoms with Gasteiger partial charge in [-0.15, -0.1) is 0 Å². The number of carbonyl (C=O) groups excluding carboxylic acids is 1. The molecule has 3 heterocycles. The molecule has 7 rings (SSSR count). The number of allylic oxidation sites excluding steroid dienone is 2. The fourth-order valence-corrected chi connectivity index (χ4v) is 8.72. The van der Waals surface area contributed by atoms with Gasteiger partial charge in [0.2, 0.25) is 5.67 Å². The monoisotopic (exact) mass is 689 g/mol. The number of methoxy groups -OCH3 is 1. The first-order chi connectivity index (χ1) is 23.9. The second-order valence-corrected chi connectivity index (χ2v) is 15.1. The maximum absolute atomic E-state index is 17.7. The highest BCUT2D eigenvalue weighted by Crippen LogP contribution is 2.46. The highest BCUT2D eigenvalue weighted by Gasteiger charge is 2.56. The molecule has 0 saturated carbocycles. The molecule has 0 N–H and O–H groups in total. The van der Waals surface area contributed by atoms with Gasteiger partial charge in [-0.25, -0.2) is 4.39 Å². The number of alkyl halides is 4. The number of carbonyl (C=O) groups is 1. The summed E-state index contributed by atoms with van der Waals surface area (Å²) in [5.41, 5.74) is 2.53. The molecule has 3 aromatic rings. The second kappa shape index (κ2) is 13.8. The summed E-state index contributed by atoms with van der Waals surface area (Å²) >= 11 is 0. The summed E-state index contributed by atoms with van der Waals surface area (Å²) in [6.45, 7) is 7.05. The van der Waals surface area contributed by atoms with Gasteiger partial charge in [0.25, 0.3) is 5.91 Å². The predicted molar refractivity (Wildman–Crippen MR) is 188 cm³/mol. The fraction of sp³-hybridized carbons (Fsp3) is 0.488. The Kier molecular flexibility index (Phi) is 9.58. The van der Waals surface area contributed by atoms with Crippen molar-refractivity contribution in [3.05, 3.63) is 112 Å². The van der Waals surface area contributed by atoms with Crippen molar-refractivity contribution in [3.63, 3.8) is 0 Å². The molecule has 3 aromatic carbocycles. The summed E-state index contributed by atoms with van der Waals surface area (Å²) in [6, 6.07) is 19.9. The first-order valence-electron chi connectivity index (χ1n) is 17.9. The molecule has 0 aromatic heterocycles. The quantitative estimate of drug-likeness (QED) is 0.169. The zero-order valence-corrected chi connectivity index (χ0v) is 29.1. The van der Waals surface area contributed by atoms with Gasteiger partial charge in [-0.1, -0.05) is 77.9 Å². The van der Waals surface area contributed by atoms with Crippen molar-refractivity contribution >= 4 is 11.6 Å². The van der Waals surface area contributed by atoms with Crippen LogP contribution in [0.4, 0.5) is 23.2 Å². The van der Waals surface area contributed by atoms with Crippen LogP contribution in [0.15, 0.2) is 78.9 Å². The SMILES string of the molecule is COC[C@H]1CN(C(=O)[C@]2(F)CN(Cc3cccc(C)c3)C[C@H]2c2ccc(C)cc2)C[C@@H]1c1ccc(C(F)(F)F)cc1N1CCC(C2C=C2)CC1. The lowest BCUT2D eigenvalue weighted by atomic mass is 9.85. The van der Waals surface area contributed by atoms with Crippen LogP contribution in [0, 0.1) is 31.6 Å². The molecule has 5 nitrogen and oxygen atoms in total. The zero-order valence-electron chi connectivity index (χ0n) is 29.1. The highest BCUT2D eigenvalue weighted by atomic mass is 19.4. The number of hydrogen-bond donors (Lipinski definition) is 0. The number of aryl methyl sites for hydroxylation is 2. The smallest absolute Gasteiger partial charge is 0.384 e. The summed E-state index contributed by atoms with van der Waals surface area (Å²) in [4.78, 5) is 20.3. The van der Waals surface area contributed by atoms with Crippen molar-refractivity contribution in [2.75, 3.05) is 57.9 Å². The van der Waals surface area contributed by atoms with Gasteiger partial charge >= 0.3 is 6.18 Å². The van der Waals surface area contributed by atoms with E-state index in [4.69, 9.17) is 4.74 Å². The van der Waals surface area contributed by atoms with Crippen LogP contribution >= 0.6 is 0 Å². The molecule has 0 unspecified atom stereocenters. The normalized spacial score (nSPS) is 26.3. The van der Waals surface area contributed by atoms with Crippen LogP contribution in [0.5, 0.6) is 0 Å². The minimum absolute atomic E-state index is 0.0369. The van der Waals surface area contributed by atoms with Crippen molar-refractivity contribution < 1.29 is 27.1 Å². The van der Waals surface area contributed by atoms with Crippen LogP contribution in [-0.4, -0.2) is 74.4 Å². The number of nitrogens with zero attached hydrogens (tertiary/aromatic N) is 3. The van der Waals surface area contributed by atoms with Gasteiger partial charge in [-0.3, -0.25) is 9.69 Å². The average molecular weight is 690 g/mol. The summed E-state index contributed by atoms with van der Waals surface area (Å²) in [5, 5.41) is 0. The molecule has 0 radical (unpaired) electrons. The van der Waals surface area contributed by atoms with Crippen molar-refractivity contribution in [3.8, 4) is 0 Å². The van der Waals surface area contributed by atoms with Gasteiger partial charge in [0, 0.05) is 76.4 Å². The number of rotatable bonds is 9. The number of piperidine rings is 1. The number of amides is 1. The van der Waals surface area contributed by atoms with Gasteiger partial charge in [0.15, 0.2) is 0 Å². The standard InChI is InChI=1S/C41H47F4N3O2/c1-27-7-9-32(10-8-27)37-24-46(21-29-6-4-5-28(2)19-29)26-40(37,42)39(49)48-22-33(25-50-3)36(23-48)35-14-13-34(41(43,44)45)20-38(35)47-17-15-31(16-18-47)30-11-12-30/h4-14,19-20,30-31,33,36-37H,15-18,21-26H2,1-3H3/t33-,36+,37+,40+/m1/s1. The minimum Gasteiger partial charge on any atom is -0.384 e. The molecule has 50 heavy (non-hydrogen) atoms. The molecule has 3 aliphatic heterocycles. The van der Waals surface area contributed by atoms with E-state index in [0.29, 0.717) is 50.3 Å². The van der Waals surface area contributed by atoms with Crippen LogP contribution in [0.2, 0.25) is 0 Å². The van der Waals surface area contributed by atoms with Crippen LogP contribution in [0.25, 0.3) is 0 Å². The first-order valence-corrected chi connectivity index (χ1v) is 17.9. The van der Waals surface area contributed by atoms with Crippen molar-refractivity contribution in [2.45, 2.75) is 56.9 Å². The third-order valence-corrected chi connectivity index (χ3v) is 11.5. The van der Waals surface area contributed by atoms with Gasteiger partial charge < -0.3 is 14.5 Å². The molecule has 9 heteroatoms. The molecule has 3 fully saturated rings. The van der Waals surface area contributed by atoms with E-state index in [2.05, 4.69) is 23.1 Å². The van der Waals surface area contributed by atoms with Gasteiger partial charge in [0.05, 0.1) is 12.2 Å². The number of anilines is 1. The summed E-state index contributed by atoms with van der Waals surface area (Å²) in [7, 11) is 1.59. The number of halogens is 4. The van der Waals surface area contributed by atoms with E-state index in [0.717, 1.165) is 46.7 Å². The van der Waals surface area contributed by atoms with Crippen molar-refractivity contribution in [1.82, 2.24) is 9.80 Å². The van der Waals surface area contributed by atoms with Gasteiger partial charge in [-0.2, -0.15) is 13.2 Å². The van der Waals surface area contributed by atoms with Gasteiger partial charge in [0.1, 0.15) is 0 Å². The number of ether oxygens (including phenoxy) is 1. The predicted octanol–water partition coefficient (Wildman–Crippen LogP) is 7.92. The molecule has 0 spiro atoms. The third-order valence-electron chi connectivity index (χ3n) is 11.5. The van der Waals surface area contributed by atoms with E-state index < -0.39 is 29.2 Å². The molecule has 4 atom stereocenters. The Morgan fingerprint density at radius 2 is 1.66 bits per heavy atom. The molecular formula is C41H47F4N3O2. The van der Waals surface area contributed by atoms with E-state index in [9.17, 15) is 18.0 Å². The molecule has 4 aliphatic rings. The lowest BCUT2D eigenvalue weighted by Crippen LogP contribution is -2.50.